The van der Waals surface area contributed by atoms with Crippen molar-refractivity contribution in [2.24, 2.45) is 0 Å². The van der Waals surface area contributed by atoms with Crippen molar-refractivity contribution in [3.05, 3.63) is 18.0 Å². The van der Waals surface area contributed by atoms with Crippen LogP contribution in [0, 0.1) is 0 Å². The van der Waals surface area contributed by atoms with Gasteiger partial charge in [0.2, 0.25) is 5.95 Å². The summed E-state index contributed by atoms with van der Waals surface area (Å²) in [5.41, 5.74) is 1.14. The van der Waals surface area contributed by atoms with Crippen molar-refractivity contribution in [1.29, 1.82) is 0 Å². The Labute approximate surface area is 126 Å². The summed E-state index contributed by atoms with van der Waals surface area (Å²) in [5.74, 6) is 0.770. The van der Waals surface area contributed by atoms with E-state index in [1.165, 1.54) is 44.9 Å². The largest absolute Gasteiger partial charge is 0.395 e. The van der Waals surface area contributed by atoms with Gasteiger partial charge in [-0.1, -0.05) is 19.3 Å². The molecule has 0 atom stereocenters. The molecule has 2 fully saturated rings. The number of aromatic nitrogens is 2. The van der Waals surface area contributed by atoms with E-state index in [2.05, 4.69) is 20.2 Å². The van der Waals surface area contributed by atoms with E-state index in [1.54, 1.807) is 0 Å². The van der Waals surface area contributed by atoms with Gasteiger partial charge in [0.15, 0.2) is 0 Å². The molecular weight excluding hydrogens is 264 g/mol. The van der Waals surface area contributed by atoms with Crippen LogP contribution >= 0.6 is 0 Å². The molecule has 0 amide bonds. The standard InChI is InChI=1S/C16H26N4O/c21-9-8-20(15-4-2-1-3-5-15)16-18-11-13(12-19-16)10-17-14-6-7-14/h11-12,14-15,17,21H,1-10H2. The summed E-state index contributed by atoms with van der Waals surface area (Å²) in [4.78, 5) is 11.3. The van der Waals surface area contributed by atoms with E-state index in [9.17, 15) is 5.11 Å². The molecule has 0 spiro atoms. The number of hydrogen-bond acceptors (Lipinski definition) is 5. The lowest BCUT2D eigenvalue weighted by molar-refractivity contribution is 0.288. The Morgan fingerprint density at radius 3 is 2.43 bits per heavy atom. The molecule has 0 bridgehead atoms. The molecule has 0 aromatic carbocycles. The quantitative estimate of drug-likeness (QED) is 0.802. The molecule has 0 unspecified atom stereocenters. The van der Waals surface area contributed by atoms with Crippen LogP contribution in [0.4, 0.5) is 5.95 Å². The molecule has 5 heteroatoms. The Hall–Kier alpha value is -1.20. The molecule has 21 heavy (non-hydrogen) atoms. The normalized spacial score (nSPS) is 19.7. The maximum absolute atomic E-state index is 9.33. The predicted octanol–water partition coefficient (Wildman–Crippen LogP) is 1.86. The van der Waals surface area contributed by atoms with Gasteiger partial charge in [0.1, 0.15) is 0 Å². The van der Waals surface area contributed by atoms with E-state index in [-0.39, 0.29) is 6.61 Å². The van der Waals surface area contributed by atoms with E-state index in [4.69, 9.17) is 0 Å². The first-order valence-corrected chi connectivity index (χ1v) is 8.28. The first kappa shape index (κ1) is 14.7. The van der Waals surface area contributed by atoms with E-state index >= 15 is 0 Å². The molecule has 1 aromatic rings. The summed E-state index contributed by atoms with van der Waals surface area (Å²) >= 11 is 0. The SMILES string of the molecule is OCCN(c1ncc(CNC2CC2)cn1)C1CCCCC1. The minimum atomic E-state index is 0.158. The number of hydrogen-bond donors (Lipinski definition) is 2. The van der Waals surface area contributed by atoms with Crippen LogP contribution in [-0.4, -0.2) is 40.3 Å². The summed E-state index contributed by atoms with van der Waals surface area (Å²) in [6.07, 6.45) is 12.7. The highest BCUT2D eigenvalue weighted by atomic mass is 16.3. The maximum Gasteiger partial charge on any atom is 0.225 e. The Bertz CT molecular complexity index is 426. The van der Waals surface area contributed by atoms with Crippen molar-refractivity contribution >= 4 is 5.95 Å². The van der Waals surface area contributed by atoms with Gasteiger partial charge in [-0.2, -0.15) is 0 Å². The zero-order valence-corrected chi connectivity index (χ0v) is 12.7. The molecule has 5 nitrogen and oxygen atoms in total. The fraction of sp³-hybridized carbons (Fsp3) is 0.750. The molecule has 0 aliphatic heterocycles. The molecule has 116 valence electrons. The summed E-state index contributed by atoms with van der Waals surface area (Å²) in [6, 6.07) is 1.19. The summed E-state index contributed by atoms with van der Waals surface area (Å²) in [6.45, 7) is 1.64. The van der Waals surface area contributed by atoms with E-state index < -0.39 is 0 Å². The molecule has 0 saturated heterocycles. The molecule has 3 rings (SSSR count). The minimum Gasteiger partial charge on any atom is -0.395 e. The number of aliphatic hydroxyl groups excluding tert-OH is 1. The zero-order chi connectivity index (χ0) is 14.5. The van der Waals surface area contributed by atoms with Crippen molar-refractivity contribution in [3.63, 3.8) is 0 Å². The second kappa shape index (κ2) is 7.18. The molecule has 2 saturated carbocycles. The van der Waals surface area contributed by atoms with Crippen molar-refractivity contribution in [3.8, 4) is 0 Å². The lowest BCUT2D eigenvalue weighted by Gasteiger charge is -2.34. The molecule has 2 aliphatic carbocycles. The van der Waals surface area contributed by atoms with Crippen molar-refractivity contribution < 1.29 is 5.11 Å². The Morgan fingerprint density at radius 2 is 1.81 bits per heavy atom. The molecule has 2 aliphatic rings. The van der Waals surface area contributed by atoms with Crippen LogP contribution in [0.25, 0.3) is 0 Å². The first-order valence-electron chi connectivity index (χ1n) is 8.28. The van der Waals surface area contributed by atoms with E-state index in [0.29, 0.717) is 18.6 Å². The number of aliphatic hydroxyl groups is 1. The number of rotatable bonds is 7. The lowest BCUT2D eigenvalue weighted by Crippen LogP contribution is -2.40. The summed E-state index contributed by atoms with van der Waals surface area (Å²) < 4.78 is 0. The molecule has 2 N–H and O–H groups in total. The number of nitrogens with one attached hydrogen (secondary N) is 1. The van der Waals surface area contributed by atoms with Crippen molar-refractivity contribution in [2.75, 3.05) is 18.1 Å². The number of anilines is 1. The van der Waals surface area contributed by atoms with Crippen LogP contribution < -0.4 is 10.2 Å². The third kappa shape index (κ3) is 4.14. The van der Waals surface area contributed by atoms with Gasteiger partial charge in [0, 0.05) is 43.1 Å². The minimum absolute atomic E-state index is 0.158. The molecule has 0 radical (unpaired) electrons. The Balaban J connectivity index is 1.63. The molecular formula is C16H26N4O. The maximum atomic E-state index is 9.33. The average molecular weight is 290 g/mol. The average Bonchev–Trinajstić information content (AvgIpc) is 3.36. The monoisotopic (exact) mass is 290 g/mol. The van der Waals surface area contributed by atoms with E-state index in [0.717, 1.165) is 18.1 Å². The van der Waals surface area contributed by atoms with Crippen LogP contribution in [0.3, 0.4) is 0 Å². The third-order valence-corrected chi connectivity index (χ3v) is 4.48. The summed E-state index contributed by atoms with van der Waals surface area (Å²) in [5, 5.41) is 12.8. The lowest BCUT2D eigenvalue weighted by atomic mass is 9.94. The Kier molecular flexibility index (Phi) is 5.04. The molecule has 1 aromatic heterocycles. The van der Waals surface area contributed by atoms with E-state index in [1.807, 2.05) is 12.4 Å². The van der Waals surface area contributed by atoms with Crippen LogP contribution in [0.2, 0.25) is 0 Å². The second-order valence-corrected chi connectivity index (χ2v) is 6.26. The summed E-state index contributed by atoms with van der Waals surface area (Å²) in [7, 11) is 0. The van der Waals surface area contributed by atoms with Gasteiger partial charge < -0.3 is 15.3 Å². The van der Waals surface area contributed by atoms with Gasteiger partial charge in [0.05, 0.1) is 6.61 Å². The zero-order valence-electron chi connectivity index (χ0n) is 12.7. The molecule has 1 heterocycles. The van der Waals surface area contributed by atoms with Crippen LogP contribution in [0.5, 0.6) is 0 Å². The van der Waals surface area contributed by atoms with Crippen molar-refractivity contribution in [2.45, 2.75) is 63.6 Å². The smallest absolute Gasteiger partial charge is 0.225 e. The van der Waals surface area contributed by atoms with Gasteiger partial charge in [0.25, 0.3) is 0 Å². The third-order valence-electron chi connectivity index (χ3n) is 4.48. The Morgan fingerprint density at radius 1 is 1.10 bits per heavy atom. The van der Waals surface area contributed by atoms with Gasteiger partial charge in [-0.25, -0.2) is 9.97 Å². The topological polar surface area (TPSA) is 61.3 Å². The fourth-order valence-electron chi connectivity index (χ4n) is 3.08. The predicted molar refractivity (Wildman–Crippen MR) is 83.2 cm³/mol. The van der Waals surface area contributed by atoms with Gasteiger partial charge in [-0.3, -0.25) is 0 Å². The number of nitrogens with zero attached hydrogens (tertiary/aromatic N) is 3. The highest BCUT2D eigenvalue weighted by molar-refractivity contribution is 5.32. The van der Waals surface area contributed by atoms with Gasteiger partial charge in [-0.05, 0) is 25.7 Å². The van der Waals surface area contributed by atoms with Gasteiger partial charge >= 0.3 is 0 Å². The van der Waals surface area contributed by atoms with Crippen LogP contribution in [0.1, 0.15) is 50.5 Å². The van der Waals surface area contributed by atoms with Crippen LogP contribution in [0.15, 0.2) is 12.4 Å². The first-order chi connectivity index (χ1) is 10.4. The fourth-order valence-corrected chi connectivity index (χ4v) is 3.08. The highest BCUT2D eigenvalue weighted by Gasteiger charge is 2.23. The van der Waals surface area contributed by atoms with Gasteiger partial charge in [-0.15, -0.1) is 0 Å². The van der Waals surface area contributed by atoms with Crippen molar-refractivity contribution in [1.82, 2.24) is 15.3 Å². The second-order valence-electron chi connectivity index (χ2n) is 6.26. The van der Waals surface area contributed by atoms with Crippen LogP contribution in [-0.2, 0) is 6.54 Å². The highest BCUT2D eigenvalue weighted by Crippen LogP contribution is 2.25.